The summed E-state index contributed by atoms with van der Waals surface area (Å²) in [4.78, 5) is 37.3. The molecule has 2 saturated heterocycles. The normalized spacial score (nSPS) is 30.3. The van der Waals surface area contributed by atoms with Crippen molar-refractivity contribution in [3.63, 3.8) is 0 Å². The van der Waals surface area contributed by atoms with Gasteiger partial charge in [0.2, 0.25) is 0 Å². The van der Waals surface area contributed by atoms with Crippen LogP contribution in [0.1, 0.15) is 39.3 Å². The van der Waals surface area contributed by atoms with E-state index in [1.54, 1.807) is 0 Å². The number of aromatic amines is 1. The van der Waals surface area contributed by atoms with Crippen molar-refractivity contribution in [1.82, 2.24) is 14.6 Å². The zero-order chi connectivity index (χ0) is 21.0. The number of ether oxygens (including phenoxy) is 2. The number of esters is 1. The summed E-state index contributed by atoms with van der Waals surface area (Å²) in [5.41, 5.74) is -1.05. The van der Waals surface area contributed by atoms with Crippen LogP contribution < -0.4 is 16.3 Å². The number of nitrogens with zero attached hydrogens (tertiary/aromatic N) is 1. The van der Waals surface area contributed by atoms with Gasteiger partial charge in [-0.2, -0.15) is 0 Å². The van der Waals surface area contributed by atoms with Crippen molar-refractivity contribution in [3.05, 3.63) is 33.1 Å². The van der Waals surface area contributed by atoms with E-state index in [1.165, 1.54) is 23.8 Å². The van der Waals surface area contributed by atoms with Crippen LogP contribution in [0.4, 0.5) is 0 Å². The zero-order valence-electron chi connectivity index (χ0n) is 16.4. The first-order valence-electron chi connectivity index (χ1n) is 9.62. The number of H-pyrrole nitrogens is 1. The highest BCUT2D eigenvalue weighted by molar-refractivity contribution is 7.51. The van der Waals surface area contributed by atoms with Gasteiger partial charge in [-0.05, 0) is 13.3 Å². The second-order valence-electron chi connectivity index (χ2n) is 7.10. The third-order valence-electron chi connectivity index (χ3n) is 4.84. The third kappa shape index (κ3) is 5.43. The quantitative estimate of drug-likeness (QED) is 0.367. The fourth-order valence-electron chi connectivity index (χ4n) is 3.17. The molecule has 1 aromatic heterocycles. The fourth-order valence-corrected chi connectivity index (χ4v) is 4.71. The second-order valence-corrected chi connectivity index (χ2v) is 8.87. The van der Waals surface area contributed by atoms with Gasteiger partial charge in [0, 0.05) is 24.6 Å². The summed E-state index contributed by atoms with van der Waals surface area (Å²) in [6.07, 6.45) is 2.42. The van der Waals surface area contributed by atoms with Crippen LogP contribution in [0, 0.1) is 5.92 Å². The lowest BCUT2D eigenvalue weighted by Crippen LogP contribution is -2.34. The Kier molecular flexibility index (Phi) is 7.07. The van der Waals surface area contributed by atoms with Crippen LogP contribution in [-0.4, -0.2) is 47.5 Å². The molecule has 0 radical (unpaired) electrons. The number of unbranched alkanes of at least 4 members (excludes halogenated alkanes) is 1. The van der Waals surface area contributed by atoms with Crippen LogP contribution in [0.5, 0.6) is 0 Å². The molecule has 3 heterocycles. The number of carbonyl (C=O) groups excluding carboxylic acids is 1. The van der Waals surface area contributed by atoms with Crippen LogP contribution in [-0.2, 0) is 27.9 Å². The molecule has 2 fully saturated rings. The molecule has 0 amide bonds. The van der Waals surface area contributed by atoms with E-state index in [2.05, 4.69) is 10.1 Å². The van der Waals surface area contributed by atoms with Crippen LogP contribution in [0.2, 0.25) is 0 Å². The van der Waals surface area contributed by atoms with Gasteiger partial charge in [0.05, 0.1) is 25.9 Å². The number of nitrogens with one attached hydrogen (secondary N) is 2. The molecule has 29 heavy (non-hydrogen) atoms. The lowest BCUT2D eigenvalue weighted by atomic mass is 10.0. The molecule has 1 unspecified atom stereocenters. The monoisotopic (exact) mass is 431 g/mol. The number of fused-ring (bicyclic) bond motifs is 1. The molecule has 11 nitrogen and oxygen atoms in total. The van der Waals surface area contributed by atoms with E-state index in [0.717, 1.165) is 12.8 Å². The molecule has 162 valence electrons. The van der Waals surface area contributed by atoms with Gasteiger partial charge in [-0.3, -0.25) is 28.2 Å². The first-order chi connectivity index (χ1) is 13.8. The second kappa shape index (κ2) is 9.36. The lowest BCUT2D eigenvalue weighted by molar-refractivity contribution is -0.145. The Morgan fingerprint density at radius 2 is 2.17 bits per heavy atom. The maximum absolute atomic E-state index is 12.9. The van der Waals surface area contributed by atoms with E-state index >= 15 is 0 Å². The van der Waals surface area contributed by atoms with Gasteiger partial charge in [-0.15, -0.1) is 0 Å². The topological polar surface area (TPSA) is 138 Å². The molecule has 1 aromatic rings. The summed E-state index contributed by atoms with van der Waals surface area (Å²) in [5.74, 6) is -0.692. The van der Waals surface area contributed by atoms with Crippen molar-refractivity contribution in [2.24, 2.45) is 5.92 Å². The Morgan fingerprint density at radius 3 is 2.90 bits per heavy atom. The molecule has 12 heteroatoms. The van der Waals surface area contributed by atoms with Crippen LogP contribution in [0.25, 0.3) is 0 Å². The predicted octanol–water partition coefficient (Wildman–Crippen LogP) is 0.917. The average molecular weight is 431 g/mol. The molecule has 2 aliphatic heterocycles. The van der Waals surface area contributed by atoms with Gasteiger partial charge >= 0.3 is 19.4 Å². The van der Waals surface area contributed by atoms with Crippen molar-refractivity contribution < 1.29 is 27.9 Å². The van der Waals surface area contributed by atoms with E-state index < -0.39 is 43.3 Å². The van der Waals surface area contributed by atoms with Crippen molar-refractivity contribution >= 4 is 13.7 Å². The minimum absolute atomic E-state index is 0.0266. The van der Waals surface area contributed by atoms with Crippen molar-refractivity contribution in [2.75, 3.05) is 19.8 Å². The van der Waals surface area contributed by atoms with Crippen molar-refractivity contribution in [1.29, 1.82) is 0 Å². The highest BCUT2D eigenvalue weighted by Crippen LogP contribution is 2.49. The zero-order valence-corrected chi connectivity index (χ0v) is 17.3. The van der Waals surface area contributed by atoms with Crippen LogP contribution >= 0.6 is 7.75 Å². The van der Waals surface area contributed by atoms with E-state index in [-0.39, 0.29) is 19.1 Å². The molecule has 3 rings (SSSR count). The summed E-state index contributed by atoms with van der Waals surface area (Å²) in [7, 11) is -3.71. The number of hydrogen-bond donors (Lipinski definition) is 2. The number of rotatable bonds is 7. The maximum Gasteiger partial charge on any atom is 0.406 e. The molecule has 0 aromatic carbocycles. The van der Waals surface area contributed by atoms with E-state index in [9.17, 15) is 18.9 Å². The largest absolute Gasteiger partial charge is 0.465 e. The Morgan fingerprint density at radius 1 is 1.41 bits per heavy atom. The molecule has 0 spiro atoms. The van der Waals surface area contributed by atoms with Gasteiger partial charge < -0.3 is 9.47 Å². The first kappa shape index (κ1) is 21.9. The highest BCUT2D eigenvalue weighted by atomic mass is 31.2. The third-order valence-corrected chi connectivity index (χ3v) is 6.52. The minimum atomic E-state index is -3.71. The van der Waals surface area contributed by atoms with E-state index in [0.29, 0.717) is 13.0 Å². The smallest absolute Gasteiger partial charge is 0.406 e. The fraction of sp³-hybridized carbons (Fsp3) is 0.706. The summed E-state index contributed by atoms with van der Waals surface area (Å²) in [6, 6.07) is 0.384. The summed E-state index contributed by atoms with van der Waals surface area (Å²) >= 11 is 0. The predicted molar refractivity (Wildman–Crippen MR) is 101 cm³/mol. The Hall–Kier alpha value is -1.78. The van der Waals surface area contributed by atoms with Gasteiger partial charge in [0.1, 0.15) is 12.3 Å². The Bertz CT molecular complexity index is 864. The molecule has 2 aliphatic rings. The Labute approximate surface area is 167 Å². The molecule has 0 saturated carbocycles. The summed E-state index contributed by atoms with van der Waals surface area (Å²) in [6.45, 7) is 3.86. The SMILES string of the molecule is CCCCOC(=O)[C@@H](C)NP1(=O)OC[C@H]2C[C@H](n3ccc(=O)[nH]c3=O)O[C@@H]2CO1. The van der Waals surface area contributed by atoms with Gasteiger partial charge in [-0.25, -0.2) is 14.4 Å². The number of aromatic nitrogens is 2. The molecule has 5 atom stereocenters. The van der Waals surface area contributed by atoms with Crippen molar-refractivity contribution in [3.8, 4) is 0 Å². The number of hydrogen-bond acceptors (Lipinski definition) is 8. The molecule has 0 bridgehead atoms. The standard InChI is InChI=1S/C17H26N3O8P/c1-3-4-7-25-16(22)11(2)19-29(24)26-9-12-8-15(28-13(12)10-27-29)20-6-5-14(21)18-17(20)23/h5-6,11-13,15H,3-4,7-10H2,1-2H3,(H,19,24)(H,18,21,23)/t11-,12-,13-,15-,29?/m1/s1. The van der Waals surface area contributed by atoms with E-state index in [1.807, 2.05) is 6.92 Å². The summed E-state index contributed by atoms with van der Waals surface area (Å²) in [5, 5.41) is 2.60. The van der Waals surface area contributed by atoms with Gasteiger partial charge in [0.15, 0.2) is 0 Å². The molecule has 2 N–H and O–H groups in total. The maximum atomic E-state index is 12.9. The number of carbonyl (C=O) groups is 1. The Balaban J connectivity index is 1.57. The minimum Gasteiger partial charge on any atom is -0.465 e. The average Bonchev–Trinajstić information content (AvgIpc) is 3.01. The first-order valence-corrected chi connectivity index (χ1v) is 11.2. The van der Waals surface area contributed by atoms with Crippen LogP contribution in [0.15, 0.2) is 21.9 Å². The highest BCUT2D eigenvalue weighted by Gasteiger charge is 2.43. The molecule has 0 aliphatic carbocycles. The van der Waals surface area contributed by atoms with E-state index in [4.69, 9.17) is 18.5 Å². The van der Waals surface area contributed by atoms with Crippen molar-refractivity contribution in [2.45, 2.75) is 51.5 Å². The molecular formula is C17H26N3O8P. The lowest BCUT2D eigenvalue weighted by Gasteiger charge is -2.21. The van der Waals surface area contributed by atoms with Gasteiger partial charge in [0.25, 0.3) is 5.56 Å². The molecular weight excluding hydrogens is 405 g/mol. The van der Waals surface area contributed by atoms with Gasteiger partial charge in [-0.1, -0.05) is 13.3 Å². The van der Waals surface area contributed by atoms with Crippen LogP contribution in [0.3, 0.4) is 0 Å². The summed E-state index contributed by atoms with van der Waals surface area (Å²) < 4.78 is 36.0.